The molecule has 0 bridgehead atoms. The summed E-state index contributed by atoms with van der Waals surface area (Å²) in [5.74, 6) is 1.77. The van der Waals surface area contributed by atoms with E-state index in [0.29, 0.717) is 42.8 Å². The number of rotatable bonds is 9. The number of benzene rings is 4. The van der Waals surface area contributed by atoms with Crippen LogP contribution in [0.2, 0.25) is 0 Å². The summed E-state index contributed by atoms with van der Waals surface area (Å²) in [7, 11) is -6.93. The van der Waals surface area contributed by atoms with E-state index in [9.17, 15) is 16.8 Å². The van der Waals surface area contributed by atoms with Crippen molar-refractivity contribution in [1.29, 1.82) is 0 Å². The topological polar surface area (TPSA) is 131 Å². The second-order valence-electron chi connectivity index (χ2n) is 18.4. The molecule has 8 rings (SSSR count). The summed E-state index contributed by atoms with van der Waals surface area (Å²) < 4.78 is 51.5. The summed E-state index contributed by atoms with van der Waals surface area (Å²) in [6, 6.07) is 28.5. The molecule has 0 radical (unpaired) electrons. The molecule has 8 nitrogen and oxygen atoms in total. The fourth-order valence-corrected chi connectivity index (χ4v) is 11.9. The van der Waals surface area contributed by atoms with E-state index in [1.165, 1.54) is 36.1 Å². The number of piperidine rings is 1. The molecule has 4 aromatic carbocycles. The van der Waals surface area contributed by atoms with E-state index in [0.717, 1.165) is 75.9 Å². The number of thioether (sulfide) groups is 1. The summed E-state index contributed by atoms with van der Waals surface area (Å²) in [6.45, 7) is 12.7. The Bertz CT molecular complexity index is 2290. The number of hydrogen-bond donors (Lipinski definition) is 3. The van der Waals surface area contributed by atoms with Gasteiger partial charge in [0.25, 0.3) is 0 Å². The fraction of sp³-hybridized carbons (Fsp3) is 0.490. The van der Waals surface area contributed by atoms with E-state index in [1.807, 2.05) is 48.2 Å². The lowest BCUT2D eigenvalue weighted by Crippen LogP contribution is -2.41. The molecule has 0 spiro atoms. The first-order chi connectivity index (χ1) is 28.6. The number of hydrogen-bond acceptors (Lipinski definition) is 9. The number of sulfone groups is 2. The SMILES string of the molecule is CC1(C)CN=C(CCC2CCCc3ccc(S(=O)(=O)c4ccccc4)cc32)NC1.CSC1CCC(C)(C)CN1.NCC1CCCc2ccc(S(=O)(=O)c3ccccc3)cc21. The van der Waals surface area contributed by atoms with Gasteiger partial charge < -0.3 is 16.4 Å². The van der Waals surface area contributed by atoms with E-state index < -0.39 is 19.7 Å². The average molecular weight is 871 g/mol. The van der Waals surface area contributed by atoms with E-state index in [-0.39, 0.29) is 11.3 Å². The van der Waals surface area contributed by atoms with Gasteiger partial charge in [-0.05, 0) is 159 Å². The lowest BCUT2D eigenvalue weighted by atomic mass is 9.80. The molecule has 324 valence electrons. The molecule has 1 fully saturated rings. The molecule has 2 aliphatic carbocycles. The predicted octanol–water partition coefficient (Wildman–Crippen LogP) is 9.73. The largest absolute Gasteiger partial charge is 0.373 e. The summed E-state index contributed by atoms with van der Waals surface area (Å²) in [5, 5.41) is 7.72. The van der Waals surface area contributed by atoms with Crippen LogP contribution in [0.5, 0.6) is 0 Å². The second-order valence-corrected chi connectivity index (χ2v) is 23.3. The molecule has 0 aromatic heterocycles. The Kier molecular flexibility index (Phi) is 15.5. The quantitative estimate of drug-likeness (QED) is 0.152. The minimum absolute atomic E-state index is 0.224. The van der Waals surface area contributed by atoms with Crippen LogP contribution in [0.1, 0.15) is 113 Å². The van der Waals surface area contributed by atoms with Crippen molar-refractivity contribution >= 4 is 37.3 Å². The third-order valence-corrected chi connectivity index (χ3v) is 17.0. The van der Waals surface area contributed by atoms with Crippen molar-refractivity contribution in [2.24, 2.45) is 21.6 Å². The zero-order valence-electron chi connectivity index (χ0n) is 36.3. The van der Waals surface area contributed by atoms with Crippen molar-refractivity contribution in [2.45, 2.75) is 129 Å². The standard InChI is InChI=1S/C24H30N2O2S.C17H19NO2S.C8H17NS/c1-24(2)16-25-23(26-17-24)14-12-19-8-6-7-18-11-13-21(15-22(18)19)29(27,28)20-9-4-3-5-10-20;18-12-14-6-4-5-13-9-10-16(11-17(13)14)21(19,20)15-7-2-1-3-8-15;1-8(2)5-4-7(10-3)9-6-8/h3-5,9-11,13,15,19H,6-8,12,14,16-17H2,1-2H3,(H,25,26);1-3,7-11,14H,4-6,12,18H2;7,9H,4-6H2,1-3H3. The molecular formula is C49H66N4O4S3. The highest BCUT2D eigenvalue weighted by atomic mass is 32.2. The van der Waals surface area contributed by atoms with Crippen molar-refractivity contribution in [3.8, 4) is 0 Å². The third kappa shape index (κ3) is 11.7. The van der Waals surface area contributed by atoms with Crippen molar-refractivity contribution in [3.05, 3.63) is 119 Å². The fourth-order valence-electron chi connectivity index (χ4n) is 8.65. The molecule has 11 heteroatoms. The minimum atomic E-state index is -3.48. The smallest absolute Gasteiger partial charge is 0.206 e. The van der Waals surface area contributed by atoms with Gasteiger partial charge in [-0.2, -0.15) is 0 Å². The Balaban J connectivity index is 0.000000169. The molecule has 4 aliphatic rings. The first kappa shape index (κ1) is 46.0. The molecule has 0 saturated carbocycles. The minimum Gasteiger partial charge on any atom is -0.373 e. The zero-order valence-corrected chi connectivity index (χ0v) is 38.7. The lowest BCUT2D eigenvalue weighted by molar-refractivity contribution is 0.255. The van der Waals surface area contributed by atoms with Gasteiger partial charge in [0, 0.05) is 31.5 Å². The molecule has 3 unspecified atom stereocenters. The van der Waals surface area contributed by atoms with Crippen LogP contribution in [-0.2, 0) is 32.5 Å². The number of nitrogens with two attached hydrogens (primary N) is 1. The summed E-state index contributed by atoms with van der Waals surface area (Å²) in [6.07, 6.45) is 13.3. The Morgan fingerprint density at radius 2 is 1.22 bits per heavy atom. The van der Waals surface area contributed by atoms with Crippen LogP contribution >= 0.6 is 11.8 Å². The summed E-state index contributed by atoms with van der Waals surface area (Å²) in [4.78, 5) is 6.20. The molecule has 3 atom stereocenters. The Hall–Kier alpha value is -3.48. The van der Waals surface area contributed by atoms with Crippen LogP contribution in [0.25, 0.3) is 0 Å². The summed E-state index contributed by atoms with van der Waals surface area (Å²) in [5.41, 5.74) is 11.5. The highest BCUT2D eigenvalue weighted by molar-refractivity contribution is 7.99. The third-order valence-electron chi connectivity index (χ3n) is 12.5. The van der Waals surface area contributed by atoms with Gasteiger partial charge in [0.2, 0.25) is 19.7 Å². The molecular weight excluding hydrogens is 805 g/mol. The molecule has 60 heavy (non-hydrogen) atoms. The normalized spacial score (nSPS) is 21.9. The van der Waals surface area contributed by atoms with Gasteiger partial charge in [-0.15, -0.1) is 11.8 Å². The van der Waals surface area contributed by atoms with Crippen LogP contribution < -0.4 is 16.4 Å². The Labute approximate surface area is 364 Å². The van der Waals surface area contributed by atoms with Crippen molar-refractivity contribution < 1.29 is 16.8 Å². The predicted molar refractivity (Wildman–Crippen MR) is 249 cm³/mol. The maximum atomic E-state index is 13.1. The first-order valence-corrected chi connectivity index (χ1v) is 26.0. The van der Waals surface area contributed by atoms with Gasteiger partial charge in [0.05, 0.1) is 30.8 Å². The number of amidine groups is 1. The molecule has 2 aliphatic heterocycles. The van der Waals surface area contributed by atoms with Gasteiger partial charge in [0.1, 0.15) is 0 Å². The second kappa shape index (κ2) is 20.1. The number of aliphatic imine (C=N–C) groups is 1. The first-order valence-electron chi connectivity index (χ1n) is 21.7. The van der Waals surface area contributed by atoms with Crippen molar-refractivity contribution in [1.82, 2.24) is 10.6 Å². The lowest BCUT2D eigenvalue weighted by Gasteiger charge is -2.34. The van der Waals surface area contributed by atoms with E-state index in [1.54, 1.807) is 60.7 Å². The average Bonchev–Trinajstić information content (AvgIpc) is 3.26. The Morgan fingerprint density at radius 3 is 1.68 bits per heavy atom. The van der Waals surface area contributed by atoms with Gasteiger partial charge >= 0.3 is 0 Å². The van der Waals surface area contributed by atoms with Crippen LogP contribution in [0.4, 0.5) is 0 Å². The maximum absolute atomic E-state index is 13.1. The van der Waals surface area contributed by atoms with E-state index in [4.69, 9.17) is 10.7 Å². The van der Waals surface area contributed by atoms with E-state index in [2.05, 4.69) is 44.6 Å². The number of nitrogens with zero attached hydrogens (tertiary/aromatic N) is 1. The van der Waals surface area contributed by atoms with Crippen LogP contribution in [0.15, 0.2) is 122 Å². The number of aryl methyl sites for hydroxylation is 2. The molecule has 4 aromatic rings. The monoisotopic (exact) mass is 870 g/mol. The van der Waals surface area contributed by atoms with Gasteiger partial charge in [-0.3, -0.25) is 4.99 Å². The van der Waals surface area contributed by atoms with Crippen molar-refractivity contribution in [3.63, 3.8) is 0 Å². The van der Waals surface area contributed by atoms with Gasteiger partial charge in [0.15, 0.2) is 0 Å². The summed E-state index contributed by atoms with van der Waals surface area (Å²) >= 11 is 1.94. The number of fused-ring (bicyclic) bond motifs is 2. The van der Waals surface area contributed by atoms with Crippen LogP contribution in [0.3, 0.4) is 0 Å². The molecule has 4 N–H and O–H groups in total. The Morgan fingerprint density at radius 1 is 0.683 bits per heavy atom. The van der Waals surface area contributed by atoms with Crippen LogP contribution in [-0.4, -0.2) is 60.5 Å². The van der Waals surface area contributed by atoms with Crippen LogP contribution in [0, 0.1) is 10.8 Å². The maximum Gasteiger partial charge on any atom is 0.206 e. The number of nitrogens with one attached hydrogen (secondary N) is 2. The highest BCUT2D eigenvalue weighted by Crippen LogP contribution is 2.38. The highest BCUT2D eigenvalue weighted by Gasteiger charge is 2.28. The molecule has 2 heterocycles. The molecule has 0 amide bonds. The molecule has 1 saturated heterocycles. The zero-order chi connectivity index (χ0) is 43.0. The van der Waals surface area contributed by atoms with Crippen molar-refractivity contribution in [2.75, 3.05) is 32.4 Å². The van der Waals surface area contributed by atoms with Gasteiger partial charge in [-0.25, -0.2) is 16.8 Å². The van der Waals surface area contributed by atoms with Gasteiger partial charge in [-0.1, -0.05) is 76.2 Å². The van der Waals surface area contributed by atoms with E-state index >= 15 is 0 Å².